The van der Waals surface area contributed by atoms with Crippen LogP contribution in [0.25, 0.3) is 0 Å². The molecule has 0 radical (unpaired) electrons. The summed E-state index contributed by atoms with van der Waals surface area (Å²) in [5.74, 6) is -1.12. The van der Waals surface area contributed by atoms with Crippen molar-refractivity contribution >= 4 is 11.9 Å². The number of aromatic amines is 1. The van der Waals surface area contributed by atoms with Gasteiger partial charge in [0.25, 0.3) is 0 Å². The molecule has 1 amide bonds. The molecule has 1 aliphatic rings. The van der Waals surface area contributed by atoms with E-state index < -0.39 is 5.97 Å². The number of hydrogen-bond acceptors (Lipinski definition) is 4. The van der Waals surface area contributed by atoms with Gasteiger partial charge < -0.3 is 14.6 Å². The van der Waals surface area contributed by atoms with Gasteiger partial charge in [0.05, 0.1) is 18.3 Å². The highest BCUT2D eigenvalue weighted by Crippen LogP contribution is 2.33. The quantitative estimate of drug-likeness (QED) is 0.828. The van der Waals surface area contributed by atoms with Gasteiger partial charge in [-0.2, -0.15) is 15.4 Å². The van der Waals surface area contributed by atoms with Crippen LogP contribution in [-0.2, 0) is 16.1 Å². The van der Waals surface area contributed by atoms with Gasteiger partial charge in [-0.3, -0.25) is 9.59 Å². The molecular formula is C14H17N5O3. The Morgan fingerprint density at radius 2 is 2.09 bits per heavy atom. The van der Waals surface area contributed by atoms with E-state index in [-0.39, 0.29) is 30.7 Å². The molecule has 1 aliphatic heterocycles. The maximum absolute atomic E-state index is 12.4. The summed E-state index contributed by atoms with van der Waals surface area (Å²) in [6.45, 7) is 1.17. The van der Waals surface area contributed by atoms with Crippen LogP contribution in [0.2, 0.25) is 0 Å². The Morgan fingerprint density at radius 3 is 2.73 bits per heavy atom. The topological polar surface area (TPSA) is 104 Å². The first-order chi connectivity index (χ1) is 10.6. The monoisotopic (exact) mass is 303 g/mol. The number of H-pyrrole nitrogens is 1. The average Bonchev–Trinajstić information content (AvgIpc) is 3.18. The molecule has 2 aromatic rings. The molecule has 0 saturated carbocycles. The summed E-state index contributed by atoms with van der Waals surface area (Å²) in [6.07, 6.45) is 5.28. The number of nitrogens with one attached hydrogen (secondary N) is 1. The number of carbonyl (C=O) groups excluding carboxylic acids is 1. The van der Waals surface area contributed by atoms with Crippen LogP contribution in [0.15, 0.2) is 30.7 Å². The van der Waals surface area contributed by atoms with Gasteiger partial charge in [-0.25, -0.2) is 0 Å². The van der Waals surface area contributed by atoms with Crippen molar-refractivity contribution in [3.8, 4) is 0 Å². The third-order valence-electron chi connectivity index (χ3n) is 4.03. The molecule has 0 aliphatic carbocycles. The molecular weight excluding hydrogens is 286 g/mol. The molecule has 8 nitrogen and oxygen atoms in total. The number of carboxylic acids is 1. The van der Waals surface area contributed by atoms with Gasteiger partial charge in [-0.1, -0.05) is 0 Å². The average molecular weight is 303 g/mol. The molecule has 2 atom stereocenters. The van der Waals surface area contributed by atoms with Crippen molar-refractivity contribution in [2.75, 3.05) is 13.1 Å². The summed E-state index contributed by atoms with van der Waals surface area (Å²) in [6, 6.07) is 3.73. The third-order valence-corrected chi connectivity index (χ3v) is 4.03. The highest BCUT2D eigenvalue weighted by molar-refractivity contribution is 5.77. The van der Waals surface area contributed by atoms with Crippen molar-refractivity contribution < 1.29 is 14.7 Å². The van der Waals surface area contributed by atoms with Gasteiger partial charge >= 0.3 is 5.97 Å². The summed E-state index contributed by atoms with van der Waals surface area (Å²) in [4.78, 5) is 25.1. The van der Waals surface area contributed by atoms with Crippen molar-refractivity contribution in [2.45, 2.75) is 18.9 Å². The van der Waals surface area contributed by atoms with Crippen LogP contribution in [-0.4, -0.2) is 55.0 Å². The number of nitrogens with zero attached hydrogens (tertiary/aromatic N) is 4. The fourth-order valence-electron chi connectivity index (χ4n) is 2.96. The van der Waals surface area contributed by atoms with Crippen molar-refractivity contribution in [3.63, 3.8) is 0 Å². The molecule has 0 bridgehead atoms. The fourth-order valence-corrected chi connectivity index (χ4v) is 2.96. The van der Waals surface area contributed by atoms with Crippen LogP contribution in [0, 0.1) is 5.92 Å². The number of rotatable bonds is 5. The lowest BCUT2D eigenvalue weighted by atomic mass is 9.91. The molecule has 3 rings (SSSR count). The molecule has 2 N–H and O–H groups in total. The van der Waals surface area contributed by atoms with E-state index in [2.05, 4.69) is 15.4 Å². The van der Waals surface area contributed by atoms with Gasteiger partial charge in [0.2, 0.25) is 5.91 Å². The Morgan fingerprint density at radius 1 is 1.32 bits per heavy atom. The molecule has 2 aromatic heterocycles. The molecule has 0 aromatic carbocycles. The second-order valence-electron chi connectivity index (χ2n) is 5.51. The van der Waals surface area contributed by atoms with Crippen molar-refractivity contribution in [2.24, 2.45) is 5.92 Å². The first-order valence-corrected chi connectivity index (χ1v) is 7.09. The van der Waals surface area contributed by atoms with Gasteiger partial charge in [-0.15, -0.1) is 0 Å². The first kappa shape index (κ1) is 14.3. The Bertz CT molecular complexity index is 638. The van der Waals surface area contributed by atoms with Gasteiger partial charge in [0, 0.05) is 31.4 Å². The predicted octanol–water partition coefficient (Wildman–Crippen LogP) is 0.323. The minimum atomic E-state index is -0.863. The van der Waals surface area contributed by atoms with E-state index in [1.165, 1.54) is 0 Å². The molecule has 0 unspecified atom stereocenters. The molecule has 0 spiro atoms. The van der Waals surface area contributed by atoms with Crippen LogP contribution in [0.5, 0.6) is 0 Å². The minimum absolute atomic E-state index is 0.0161. The standard InChI is InChI=1S/C14H17N5O3/c20-13(9-18-3-1-2-4-18)19-7-10(5-14(21)22)11(8-19)12-6-15-17-16-12/h1-4,6,10-11H,5,7-9H2,(H,21,22)(H,15,16,17)/t10-,11+/m1/s1. The van der Waals surface area contributed by atoms with Crippen LogP contribution in [0.4, 0.5) is 0 Å². The van der Waals surface area contributed by atoms with Crippen LogP contribution in [0.3, 0.4) is 0 Å². The van der Waals surface area contributed by atoms with E-state index in [1.807, 2.05) is 24.5 Å². The molecule has 8 heteroatoms. The summed E-state index contributed by atoms with van der Waals surface area (Å²) >= 11 is 0. The molecule has 1 fully saturated rings. The van der Waals surface area contributed by atoms with E-state index in [1.54, 1.807) is 15.7 Å². The highest BCUT2D eigenvalue weighted by Gasteiger charge is 2.38. The second-order valence-corrected chi connectivity index (χ2v) is 5.51. The number of likely N-dealkylation sites (tertiary alicyclic amines) is 1. The maximum Gasteiger partial charge on any atom is 0.303 e. The SMILES string of the molecule is O=C(O)C[C@@H]1CN(C(=O)Cn2cccc2)C[C@@H]1c1cn[nH]n1. The van der Waals surface area contributed by atoms with Gasteiger partial charge in [0.15, 0.2) is 0 Å². The zero-order valence-electron chi connectivity index (χ0n) is 11.9. The Balaban J connectivity index is 1.71. The number of aromatic nitrogens is 4. The number of carboxylic acid groups (broad SMARTS) is 1. The lowest BCUT2D eigenvalue weighted by Gasteiger charge is -2.16. The van der Waals surface area contributed by atoms with E-state index in [0.29, 0.717) is 18.8 Å². The van der Waals surface area contributed by atoms with Crippen LogP contribution in [0.1, 0.15) is 18.0 Å². The smallest absolute Gasteiger partial charge is 0.303 e. The number of hydrogen-bond donors (Lipinski definition) is 2. The normalized spacial score (nSPS) is 21.2. The zero-order chi connectivity index (χ0) is 15.5. The maximum atomic E-state index is 12.4. The van der Waals surface area contributed by atoms with Crippen LogP contribution >= 0.6 is 0 Å². The minimum Gasteiger partial charge on any atom is -0.481 e. The van der Waals surface area contributed by atoms with E-state index >= 15 is 0 Å². The summed E-state index contributed by atoms with van der Waals surface area (Å²) in [5, 5.41) is 19.4. The fraction of sp³-hybridized carbons (Fsp3) is 0.429. The van der Waals surface area contributed by atoms with Crippen LogP contribution < -0.4 is 0 Å². The second kappa shape index (κ2) is 6.00. The Hall–Kier alpha value is -2.64. The predicted molar refractivity (Wildman–Crippen MR) is 75.9 cm³/mol. The van der Waals surface area contributed by atoms with Gasteiger partial charge in [0.1, 0.15) is 6.54 Å². The van der Waals surface area contributed by atoms with E-state index in [4.69, 9.17) is 5.11 Å². The number of aliphatic carboxylic acids is 1. The summed E-state index contributed by atoms with van der Waals surface area (Å²) in [5.41, 5.74) is 0.711. The lowest BCUT2D eigenvalue weighted by molar-refractivity contribution is -0.138. The Labute approximate surface area is 126 Å². The largest absolute Gasteiger partial charge is 0.481 e. The van der Waals surface area contributed by atoms with Crippen molar-refractivity contribution in [3.05, 3.63) is 36.4 Å². The summed E-state index contributed by atoms with van der Waals surface area (Å²) in [7, 11) is 0. The zero-order valence-corrected chi connectivity index (χ0v) is 11.9. The van der Waals surface area contributed by atoms with Crippen molar-refractivity contribution in [1.82, 2.24) is 24.9 Å². The van der Waals surface area contributed by atoms with Crippen molar-refractivity contribution in [1.29, 1.82) is 0 Å². The highest BCUT2D eigenvalue weighted by atomic mass is 16.4. The summed E-state index contributed by atoms with van der Waals surface area (Å²) < 4.78 is 1.80. The van der Waals surface area contributed by atoms with E-state index in [0.717, 1.165) is 0 Å². The lowest BCUT2D eigenvalue weighted by Crippen LogP contribution is -2.32. The van der Waals surface area contributed by atoms with E-state index in [9.17, 15) is 9.59 Å². The Kier molecular flexibility index (Phi) is 3.90. The molecule has 1 saturated heterocycles. The molecule has 3 heterocycles. The van der Waals surface area contributed by atoms with Gasteiger partial charge in [-0.05, 0) is 18.1 Å². The number of carbonyl (C=O) groups is 2. The first-order valence-electron chi connectivity index (χ1n) is 7.09. The molecule has 22 heavy (non-hydrogen) atoms. The third kappa shape index (κ3) is 3.00. The number of amides is 1. The molecule has 116 valence electrons.